The van der Waals surface area contributed by atoms with Gasteiger partial charge in [0, 0.05) is 12.6 Å². The van der Waals surface area contributed by atoms with E-state index in [4.69, 9.17) is 0 Å². The number of hydrogen-bond donors (Lipinski definition) is 2. The predicted molar refractivity (Wildman–Crippen MR) is 125 cm³/mol. The van der Waals surface area contributed by atoms with Crippen molar-refractivity contribution in [1.82, 2.24) is 9.62 Å². The Bertz CT molecular complexity index is 1340. The quantitative estimate of drug-likeness (QED) is 0.572. The molecular formula is C23H27F3N2O6S2. The normalized spacial score (nSPS) is 19.8. The molecule has 2 aromatic rings. The van der Waals surface area contributed by atoms with E-state index in [0.717, 1.165) is 11.0 Å². The first-order valence-corrected chi connectivity index (χ1v) is 14.0. The van der Waals surface area contributed by atoms with E-state index >= 15 is 0 Å². The molecule has 1 saturated heterocycles. The lowest BCUT2D eigenvalue weighted by atomic mass is 9.78. The van der Waals surface area contributed by atoms with Crippen LogP contribution in [0.2, 0.25) is 0 Å². The molecule has 1 unspecified atom stereocenters. The maximum atomic E-state index is 13.8. The first-order valence-electron chi connectivity index (χ1n) is 11.0. The molecule has 198 valence electrons. The fraction of sp³-hybridized carbons (Fsp3) is 0.435. The molecule has 0 saturated carbocycles. The Labute approximate surface area is 208 Å². The molecule has 1 amide bonds. The van der Waals surface area contributed by atoms with Gasteiger partial charge in [-0.25, -0.2) is 26.4 Å². The number of sulfonamides is 1. The summed E-state index contributed by atoms with van der Waals surface area (Å²) in [7, 11) is -9.25. The van der Waals surface area contributed by atoms with Crippen LogP contribution in [0.25, 0.3) is 0 Å². The highest BCUT2D eigenvalue weighted by Gasteiger charge is 2.45. The fourth-order valence-electron chi connectivity index (χ4n) is 4.53. The maximum Gasteiger partial charge on any atom is 0.417 e. The van der Waals surface area contributed by atoms with E-state index in [-0.39, 0.29) is 17.9 Å². The van der Waals surface area contributed by atoms with Gasteiger partial charge in [-0.05, 0) is 48.6 Å². The smallest absolute Gasteiger partial charge is 0.417 e. The van der Waals surface area contributed by atoms with Gasteiger partial charge in [0.2, 0.25) is 19.9 Å². The molecule has 0 radical (unpaired) electrons. The number of alkyl halides is 3. The number of likely N-dealkylation sites (tertiary alicyclic amines) is 1. The van der Waals surface area contributed by atoms with Crippen LogP contribution in [0.15, 0.2) is 63.2 Å². The number of piperidine rings is 1. The Hall–Kier alpha value is -2.64. The molecule has 2 aromatic carbocycles. The van der Waals surface area contributed by atoms with Gasteiger partial charge in [0.05, 0.1) is 26.3 Å². The van der Waals surface area contributed by atoms with E-state index in [1.807, 2.05) is 0 Å². The van der Waals surface area contributed by atoms with Crippen molar-refractivity contribution in [2.24, 2.45) is 5.41 Å². The summed E-state index contributed by atoms with van der Waals surface area (Å²) in [4.78, 5) is 10.8. The van der Waals surface area contributed by atoms with E-state index in [2.05, 4.69) is 4.72 Å². The Morgan fingerprint density at radius 2 is 1.61 bits per heavy atom. The molecule has 0 aliphatic carbocycles. The van der Waals surface area contributed by atoms with Crippen LogP contribution in [0.3, 0.4) is 0 Å². The lowest BCUT2D eigenvalue weighted by molar-refractivity contribution is -0.139. The van der Waals surface area contributed by atoms with Crippen LogP contribution in [0.1, 0.15) is 39.2 Å². The van der Waals surface area contributed by atoms with Crippen molar-refractivity contribution in [2.75, 3.05) is 6.54 Å². The minimum absolute atomic E-state index is 0.147. The number of carbonyl (C=O) groups is 1. The second kappa shape index (κ2) is 9.67. The number of nitrogens with one attached hydrogen (secondary N) is 1. The van der Waals surface area contributed by atoms with Crippen molar-refractivity contribution in [1.29, 1.82) is 0 Å². The van der Waals surface area contributed by atoms with Crippen LogP contribution >= 0.6 is 0 Å². The SMILES string of the molecule is CC(C)(C)C1[C@H](NS(=O)(=O)c2cc(S(=O)(=O)c3ccccc3)ccc2C(F)(F)F)CCCN1C(=O)O. The lowest BCUT2D eigenvalue weighted by Gasteiger charge is -2.46. The maximum absolute atomic E-state index is 13.8. The van der Waals surface area contributed by atoms with Crippen molar-refractivity contribution in [3.63, 3.8) is 0 Å². The van der Waals surface area contributed by atoms with E-state index in [1.54, 1.807) is 26.8 Å². The Morgan fingerprint density at radius 3 is 2.14 bits per heavy atom. The van der Waals surface area contributed by atoms with E-state index < -0.39 is 65.0 Å². The van der Waals surface area contributed by atoms with Gasteiger partial charge in [0.25, 0.3) is 0 Å². The second-order valence-electron chi connectivity index (χ2n) is 9.63. The summed E-state index contributed by atoms with van der Waals surface area (Å²) in [6.45, 7) is 5.26. The fourth-order valence-corrected chi connectivity index (χ4v) is 7.44. The highest BCUT2D eigenvalue weighted by molar-refractivity contribution is 7.91. The van der Waals surface area contributed by atoms with Gasteiger partial charge >= 0.3 is 12.3 Å². The van der Waals surface area contributed by atoms with Gasteiger partial charge in [-0.2, -0.15) is 13.2 Å². The third-order valence-corrected chi connectivity index (χ3v) is 9.28. The summed E-state index contributed by atoms with van der Waals surface area (Å²) in [6.07, 6.45) is -5.89. The van der Waals surface area contributed by atoms with Gasteiger partial charge in [0.15, 0.2) is 0 Å². The summed E-state index contributed by atoms with van der Waals surface area (Å²) in [5.41, 5.74) is -2.28. The van der Waals surface area contributed by atoms with Crippen LogP contribution in [0.5, 0.6) is 0 Å². The van der Waals surface area contributed by atoms with Gasteiger partial charge in [-0.15, -0.1) is 0 Å². The zero-order chi connectivity index (χ0) is 27.1. The molecular weight excluding hydrogens is 521 g/mol. The van der Waals surface area contributed by atoms with E-state index in [1.165, 1.54) is 24.3 Å². The Balaban J connectivity index is 2.13. The minimum Gasteiger partial charge on any atom is -0.465 e. The number of amides is 1. The molecule has 1 aliphatic heterocycles. The molecule has 36 heavy (non-hydrogen) atoms. The number of benzene rings is 2. The Morgan fingerprint density at radius 1 is 1.00 bits per heavy atom. The monoisotopic (exact) mass is 548 g/mol. The Kier molecular flexibility index (Phi) is 7.51. The molecule has 3 rings (SSSR count). The number of halogens is 3. The molecule has 13 heteroatoms. The van der Waals surface area contributed by atoms with Crippen LogP contribution < -0.4 is 4.72 Å². The zero-order valence-electron chi connectivity index (χ0n) is 19.8. The van der Waals surface area contributed by atoms with Crippen LogP contribution in [-0.4, -0.2) is 51.6 Å². The number of rotatable bonds is 5. The summed E-state index contributed by atoms with van der Waals surface area (Å²) in [5, 5.41) is 9.62. The van der Waals surface area contributed by atoms with Crippen molar-refractivity contribution in [2.45, 2.75) is 66.6 Å². The third kappa shape index (κ3) is 5.68. The zero-order valence-corrected chi connectivity index (χ0v) is 21.4. The topological polar surface area (TPSA) is 121 Å². The van der Waals surface area contributed by atoms with Crippen LogP contribution in [0, 0.1) is 5.41 Å². The van der Waals surface area contributed by atoms with Crippen molar-refractivity contribution < 1.29 is 39.9 Å². The molecule has 2 atom stereocenters. The predicted octanol–water partition coefficient (Wildman–Crippen LogP) is 4.37. The molecule has 8 nitrogen and oxygen atoms in total. The summed E-state index contributed by atoms with van der Waals surface area (Å²) in [5.74, 6) is 0. The number of hydrogen-bond acceptors (Lipinski definition) is 5. The summed E-state index contributed by atoms with van der Waals surface area (Å²) < 4.78 is 96.4. The second-order valence-corrected chi connectivity index (χ2v) is 13.3. The van der Waals surface area contributed by atoms with Gasteiger partial charge in [0.1, 0.15) is 0 Å². The number of carboxylic acid groups (broad SMARTS) is 1. The first-order chi connectivity index (χ1) is 16.5. The molecule has 1 aliphatic rings. The number of nitrogens with zero attached hydrogens (tertiary/aromatic N) is 1. The average Bonchev–Trinajstić information content (AvgIpc) is 2.77. The van der Waals surface area contributed by atoms with Crippen molar-refractivity contribution >= 4 is 26.0 Å². The minimum atomic E-state index is -5.10. The van der Waals surface area contributed by atoms with Crippen LogP contribution in [-0.2, 0) is 26.0 Å². The standard InChI is InChI=1S/C23H27F3N2O6S2/c1-22(2,3)20-18(10-7-13-28(20)21(29)30)27-36(33,34)19-14-16(11-12-17(19)23(24,25)26)35(31,32)15-8-5-4-6-9-15/h4-6,8-9,11-12,14,18,20,27H,7,10,13H2,1-3H3,(H,29,30)/t18-,20?/m1/s1. The van der Waals surface area contributed by atoms with E-state index in [0.29, 0.717) is 18.6 Å². The lowest BCUT2D eigenvalue weighted by Crippen LogP contribution is -2.61. The molecule has 0 spiro atoms. The largest absolute Gasteiger partial charge is 0.465 e. The molecule has 2 N–H and O–H groups in total. The van der Waals surface area contributed by atoms with E-state index in [9.17, 15) is 39.9 Å². The van der Waals surface area contributed by atoms with Gasteiger partial charge in [-0.3, -0.25) is 0 Å². The average molecular weight is 549 g/mol. The summed E-state index contributed by atoms with van der Waals surface area (Å²) >= 11 is 0. The molecule has 0 bridgehead atoms. The molecule has 1 fully saturated rings. The highest BCUT2D eigenvalue weighted by atomic mass is 32.2. The summed E-state index contributed by atoms with van der Waals surface area (Å²) in [6, 6.07) is 6.65. The van der Waals surface area contributed by atoms with Crippen molar-refractivity contribution in [3.05, 3.63) is 54.1 Å². The first kappa shape index (κ1) is 27.9. The van der Waals surface area contributed by atoms with Crippen LogP contribution in [0.4, 0.5) is 18.0 Å². The molecule has 0 aromatic heterocycles. The van der Waals surface area contributed by atoms with Gasteiger partial charge < -0.3 is 10.0 Å². The highest BCUT2D eigenvalue weighted by Crippen LogP contribution is 2.38. The third-order valence-electron chi connectivity index (χ3n) is 5.98. The van der Waals surface area contributed by atoms with Crippen molar-refractivity contribution in [3.8, 4) is 0 Å². The molecule has 1 heterocycles. The number of sulfone groups is 1. The van der Waals surface area contributed by atoms with Gasteiger partial charge in [-0.1, -0.05) is 39.0 Å².